The van der Waals surface area contributed by atoms with Crippen LogP contribution in [0.3, 0.4) is 0 Å². The van der Waals surface area contributed by atoms with Crippen LogP contribution in [0, 0.1) is 12.2 Å². The Bertz CT molecular complexity index is 348. The van der Waals surface area contributed by atoms with E-state index in [4.69, 9.17) is 4.74 Å². The van der Waals surface area contributed by atoms with Gasteiger partial charge in [-0.2, -0.15) is 0 Å². The van der Waals surface area contributed by atoms with Crippen LogP contribution in [0.2, 0.25) is 0 Å². The molecule has 1 fully saturated rings. The van der Waals surface area contributed by atoms with Crippen molar-refractivity contribution in [1.29, 1.82) is 0 Å². The van der Waals surface area contributed by atoms with Crippen LogP contribution in [-0.2, 0) is 6.54 Å². The number of rotatable bonds is 3. The number of benzene rings is 1. The predicted octanol–water partition coefficient (Wildman–Crippen LogP) is 2.63. The van der Waals surface area contributed by atoms with Gasteiger partial charge in [0.05, 0.1) is 7.11 Å². The van der Waals surface area contributed by atoms with E-state index in [9.17, 15) is 4.39 Å². The lowest BCUT2D eigenvalue weighted by molar-refractivity contribution is 0.247. The van der Waals surface area contributed by atoms with Crippen LogP contribution in [0.1, 0.15) is 18.4 Å². The summed E-state index contributed by atoms with van der Waals surface area (Å²) in [5.41, 5.74) is 0.667. The van der Waals surface area contributed by atoms with Crippen molar-refractivity contribution in [2.75, 3.05) is 20.2 Å². The van der Waals surface area contributed by atoms with E-state index in [1.807, 2.05) is 6.07 Å². The second kappa shape index (κ2) is 5.30. The lowest BCUT2D eigenvalue weighted by Gasteiger charge is -2.26. The van der Waals surface area contributed by atoms with E-state index in [1.54, 1.807) is 13.2 Å². The largest absolute Gasteiger partial charge is 0.496 e. The van der Waals surface area contributed by atoms with E-state index in [2.05, 4.69) is 11.3 Å². The van der Waals surface area contributed by atoms with Crippen LogP contribution in [0.25, 0.3) is 0 Å². The summed E-state index contributed by atoms with van der Waals surface area (Å²) in [6, 6.07) is 4.98. The molecular weight excluding hydrogens is 205 g/mol. The molecule has 1 heterocycles. The van der Waals surface area contributed by atoms with Gasteiger partial charge in [-0.05, 0) is 37.9 Å². The third-order valence-electron chi connectivity index (χ3n) is 2.95. The maximum Gasteiger partial charge on any atom is 0.131 e. The standard InChI is InChI=1S/C13H17FNO/c1-16-13-7-5-6-12(14)11(13)10-15-8-3-2-4-9-15/h3,5-7H,2,4,8-10H2,1H3. The Morgan fingerprint density at radius 3 is 3.00 bits per heavy atom. The topological polar surface area (TPSA) is 12.5 Å². The molecule has 1 saturated heterocycles. The quantitative estimate of drug-likeness (QED) is 0.779. The summed E-state index contributed by atoms with van der Waals surface area (Å²) >= 11 is 0. The number of likely N-dealkylation sites (tertiary alicyclic amines) is 1. The van der Waals surface area contributed by atoms with Crippen LogP contribution in [0.4, 0.5) is 4.39 Å². The van der Waals surface area contributed by atoms with Crippen molar-refractivity contribution in [3.8, 4) is 5.75 Å². The third-order valence-corrected chi connectivity index (χ3v) is 2.95. The average Bonchev–Trinajstić information content (AvgIpc) is 2.33. The fourth-order valence-corrected chi connectivity index (χ4v) is 2.08. The number of nitrogens with zero attached hydrogens (tertiary/aromatic N) is 1. The van der Waals surface area contributed by atoms with Crippen molar-refractivity contribution < 1.29 is 9.13 Å². The molecule has 3 heteroatoms. The van der Waals surface area contributed by atoms with Crippen molar-refractivity contribution in [1.82, 2.24) is 4.90 Å². The van der Waals surface area contributed by atoms with Gasteiger partial charge in [0, 0.05) is 18.7 Å². The van der Waals surface area contributed by atoms with Crippen molar-refractivity contribution in [2.24, 2.45) is 0 Å². The Balaban J connectivity index is 2.12. The Morgan fingerprint density at radius 2 is 2.31 bits per heavy atom. The fraction of sp³-hybridized carbons (Fsp3) is 0.462. The van der Waals surface area contributed by atoms with Crippen molar-refractivity contribution >= 4 is 0 Å². The molecule has 0 saturated carbocycles. The van der Waals surface area contributed by atoms with E-state index in [1.165, 1.54) is 12.5 Å². The number of ether oxygens (including phenoxy) is 1. The highest BCUT2D eigenvalue weighted by atomic mass is 19.1. The van der Waals surface area contributed by atoms with Gasteiger partial charge in [0.2, 0.25) is 0 Å². The molecule has 0 bridgehead atoms. The summed E-state index contributed by atoms with van der Waals surface area (Å²) in [7, 11) is 1.58. The number of piperidine rings is 1. The fourth-order valence-electron chi connectivity index (χ4n) is 2.08. The van der Waals surface area contributed by atoms with Gasteiger partial charge in [-0.1, -0.05) is 6.07 Å². The second-order valence-corrected chi connectivity index (χ2v) is 4.09. The zero-order valence-corrected chi connectivity index (χ0v) is 9.58. The summed E-state index contributed by atoms with van der Waals surface area (Å²) in [4.78, 5) is 2.24. The molecule has 16 heavy (non-hydrogen) atoms. The zero-order chi connectivity index (χ0) is 11.4. The highest BCUT2D eigenvalue weighted by Crippen LogP contribution is 2.24. The minimum absolute atomic E-state index is 0.176. The molecule has 0 aliphatic carbocycles. The van der Waals surface area contributed by atoms with Crippen molar-refractivity contribution in [2.45, 2.75) is 19.4 Å². The molecular formula is C13H17FNO. The van der Waals surface area contributed by atoms with Crippen LogP contribution in [-0.4, -0.2) is 25.1 Å². The number of halogens is 1. The van der Waals surface area contributed by atoms with Gasteiger partial charge in [0.1, 0.15) is 11.6 Å². The summed E-state index contributed by atoms with van der Waals surface area (Å²) in [6.45, 7) is 2.61. The van der Waals surface area contributed by atoms with Gasteiger partial charge in [-0.25, -0.2) is 4.39 Å². The number of hydrogen-bond donors (Lipinski definition) is 0. The molecule has 87 valence electrons. The predicted molar refractivity (Wildman–Crippen MR) is 61.8 cm³/mol. The smallest absolute Gasteiger partial charge is 0.131 e. The molecule has 1 aliphatic rings. The van der Waals surface area contributed by atoms with Crippen LogP contribution in [0.5, 0.6) is 5.75 Å². The first-order valence-electron chi connectivity index (χ1n) is 5.66. The Morgan fingerprint density at radius 1 is 1.44 bits per heavy atom. The van der Waals surface area contributed by atoms with Gasteiger partial charge in [-0.15, -0.1) is 0 Å². The molecule has 0 unspecified atom stereocenters. The van der Waals surface area contributed by atoms with E-state index in [-0.39, 0.29) is 5.82 Å². The third kappa shape index (κ3) is 2.53. The number of methoxy groups -OCH3 is 1. The second-order valence-electron chi connectivity index (χ2n) is 4.09. The van der Waals surface area contributed by atoms with E-state index in [0.29, 0.717) is 17.9 Å². The maximum atomic E-state index is 13.7. The van der Waals surface area contributed by atoms with Crippen LogP contribution in [0.15, 0.2) is 18.2 Å². The summed E-state index contributed by atoms with van der Waals surface area (Å²) in [6.07, 6.45) is 4.58. The van der Waals surface area contributed by atoms with Gasteiger partial charge < -0.3 is 4.74 Å². The first-order chi connectivity index (χ1) is 7.81. The number of hydrogen-bond acceptors (Lipinski definition) is 2. The Labute approximate surface area is 96.0 Å². The van der Waals surface area contributed by atoms with Gasteiger partial charge in [0.15, 0.2) is 0 Å². The summed E-state index contributed by atoms with van der Waals surface area (Å²) < 4.78 is 18.9. The molecule has 0 N–H and O–H groups in total. The Kier molecular flexibility index (Phi) is 3.78. The molecule has 1 radical (unpaired) electrons. The Hall–Kier alpha value is -1.09. The molecule has 1 aromatic rings. The molecule has 0 amide bonds. The van der Waals surface area contributed by atoms with Gasteiger partial charge in [0.25, 0.3) is 0 Å². The lowest BCUT2D eigenvalue weighted by Crippen LogP contribution is -2.30. The minimum Gasteiger partial charge on any atom is -0.496 e. The van der Waals surface area contributed by atoms with Gasteiger partial charge >= 0.3 is 0 Å². The minimum atomic E-state index is -0.176. The maximum absolute atomic E-state index is 13.7. The van der Waals surface area contributed by atoms with E-state index in [0.717, 1.165) is 19.5 Å². The summed E-state index contributed by atoms with van der Waals surface area (Å²) in [5.74, 6) is 0.468. The first-order valence-corrected chi connectivity index (χ1v) is 5.66. The normalized spacial score (nSPS) is 17.4. The molecule has 0 aromatic heterocycles. The van der Waals surface area contributed by atoms with Crippen LogP contribution < -0.4 is 4.74 Å². The first kappa shape index (κ1) is 11.4. The molecule has 2 nitrogen and oxygen atoms in total. The summed E-state index contributed by atoms with van der Waals surface area (Å²) in [5, 5.41) is 0. The van der Waals surface area contributed by atoms with E-state index >= 15 is 0 Å². The van der Waals surface area contributed by atoms with Crippen LogP contribution >= 0.6 is 0 Å². The highest BCUT2D eigenvalue weighted by molar-refractivity contribution is 5.34. The molecule has 0 spiro atoms. The molecule has 1 aliphatic heterocycles. The van der Waals surface area contributed by atoms with Crippen molar-refractivity contribution in [3.63, 3.8) is 0 Å². The van der Waals surface area contributed by atoms with Gasteiger partial charge in [-0.3, -0.25) is 4.90 Å². The molecule has 0 atom stereocenters. The van der Waals surface area contributed by atoms with E-state index < -0.39 is 0 Å². The lowest BCUT2D eigenvalue weighted by atomic mass is 10.1. The highest BCUT2D eigenvalue weighted by Gasteiger charge is 2.15. The zero-order valence-electron chi connectivity index (χ0n) is 9.58. The molecule has 1 aromatic carbocycles. The average molecular weight is 222 g/mol. The van der Waals surface area contributed by atoms with Crippen molar-refractivity contribution in [3.05, 3.63) is 36.0 Å². The SMILES string of the molecule is COc1cccc(F)c1CN1C[CH]CCC1. The monoisotopic (exact) mass is 222 g/mol. The molecule has 2 rings (SSSR count).